The second-order valence-corrected chi connectivity index (χ2v) is 10.3. The third-order valence-electron chi connectivity index (χ3n) is 7.52. The molecule has 0 radical (unpaired) electrons. The van der Waals surface area contributed by atoms with Gasteiger partial charge in [-0.25, -0.2) is 4.98 Å². The summed E-state index contributed by atoms with van der Waals surface area (Å²) < 4.78 is 1.73. The first-order valence-electron chi connectivity index (χ1n) is 12.2. The maximum atomic E-state index is 13.3. The summed E-state index contributed by atoms with van der Waals surface area (Å²) in [5, 5.41) is 13.6. The van der Waals surface area contributed by atoms with Gasteiger partial charge in [0.15, 0.2) is 0 Å². The number of nitrogens with one attached hydrogen (secondary N) is 1. The molecule has 2 aromatic heterocycles. The molecule has 1 aromatic carbocycles. The molecule has 3 aromatic rings. The van der Waals surface area contributed by atoms with Crippen LogP contribution in [-0.2, 0) is 10.2 Å². The monoisotopic (exact) mass is 479 g/mol. The first-order chi connectivity index (χ1) is 16.4. The highest BCUT2D eigenvalue weighted by atomic mass is 35.5. The summed E-state index contributed by atoms with van der Waals surface area (Å²) in [5.74, 6) is -1.21. The Balaban J connectivity index is 1.39. The van der Waals surface area contributed by atoms with E-state index in [2.05, 4.69) is 22.4 Å². The van der Waals surface area contributed by atoms with Crippen LogP contribution in [0.4, 0.5) is 0 Å². The molecule has 0 aliphatic heterocycles. The summed E-state index contributed by atoms with van der Waals surface area (Å²) in [7, 11) is 0. The van der Waals surface area contributed by atoms with Crippen LogP contribution in [0.3, 0.4) is 0 Å². The second-order valence-electron chi connectivity index (χ2n) is 9.91. The van der Waals surface area contributed by atoms with E-state index in [4.69, 9.17) is 11.6 Å². The number of carboxylic acid groups (broad SMARTS) is 1. The Bertz CT molecular complexity index is 1190. The molecule has 2 saturated carbocycles. The molecular weight excluding hydrogens is 450 g/mol. The number of nitrogens with zero attached hydrogens (tertiary/aromatic N) is 2. The number of hydrogen-bond acceptors (Lipinski definition) is 3. The number of carboxylic acids is 1. The van der Waals surface area contributed by atoms with Gasteiger partial charge in [0.1, 0.15) is 17.3 Å². The van der Waals surface area contributed by atoms with Gasteiger partial charge < -0.3 is 10.4 Å². The van der Waals surface area contributed by atoms with Crippen LogP contribution < -0.4 is 5.32 Å². The summed E-state index contributed by atoms with van der Waals surface area (Å²) in [6.45, 7) is 0.546. The molecule has 1 amide bonds. The van der Waals surface area contributed by atoms with Crippen molar-refractivity contribution in [3.8, 4) is 0 Å². The summed E-state index contributed by atoms with van der Waals surface area (Å²) in [4.78, 5) is 29.8. The van der Waals surface area contributed by atoms with Crippen LogP contribution in [0.25, 0.3) is 5.65 Å². The molecule has 5 rings (SSSR count). The van der Waals surface area contributed by atoms with Crippen molar-refractivity contribution in [1.82, 2.24) is 14.7 Å². The minimum atomic E-state index is -0.858. The van der Waals surface area contributed by atoms with E-state index in [9.17, 15) is 14.7 Å². The van der Waals surface area contributed by atoms with Crippen LogP contribution in [-0.4, -0.2) is 32.9 Å². The smallest absolute Gasteiger partial charge is 0.312 e. The van der Waals surface area contributed by atoms with Gasteiger partial charge in [-0.05, 0) is 55.0 Å². The number of imidazole rings is 1. The van der Waals surface area contributed by atoms with Crippen molar-refractivity contribution in [3.63, 3.8) is 0 Å². The van der Waals surface area contributed by atoms with Crippen molar-refractivity contribution in [2.45, 2.75) is 62.7 Å². The summed E-state index contributed by atoms with van der Waals surface area (Å²) in [5.41, 5.74) is 2.68. The van der Waals surface area contributed by atoms with Gasteiger partial charge in [-0.2, -0.15) is 0 Å². The van der Waals surface area contributed by atoms with Crippen molar-refractivity contribution in [1.29, 1.82) is 0 Å². The number of amides is 1. The highest BCUT2D eigenvalue weighted by Gasteiger charge is 2.35. The molecule has 0 saturated heterocycles. The molecule has 0 spiro atoms. The Morgan fingerprint density at radius 3 is 2.53 bits per heavy atom. The van der Waals surface area contributed by atoms with E-state index in [0.29, 0.717) is 40.9 Å². The molecule has 1 atom stereocenters. The minimum absolute atomic E-state index is 0.106. The van der Waals surface area contributed by atoms with E-state index in [0.717, 1.165) is 38.5 Å². The number of halogens is 1. The van der Waals surface area contributed by atoms with Crippen LogP contribution in [0.15, 0.2) is 48.7 Å². The lowest BCUT2D eigenvalue weighted by Crippen LogP contribution is -2.42. The summed E-state index contributed by atoms with van der Waals surface area (Å²) >= 11 is 6.12. The Labute approximate surface area is 204 Å². The number of aromatic nitrogens is 2. The molecule has 0 bridgehead atoms. The molecule has 6 nitrogen and oxygen atoms in total. The molecule has 178 valence electrons. The van der Waals surface area contributed by atoms with E-state index < -0.39 is 11.9 Å². The molecule has 2 aliphatic carbocycles. The average Bonchev–Trinajstić information content (AvgIpc) is 3.57. The Hall–Kier alpha value is -2.86. The molecule has 2 heterocycles. The van der Waals surface area contributed by atoms with Crippen molar-refractivity contribution in [2.24, 2.45) is 5.92 Å². The number of aliphatic carboxylic acids is 1. The molecule has 7 heteroatoms. The Morgan fingerprint density at radius 2 is 1.85 bits per heavy atom. The van der Waals surface area contributed by atoms with Gasteiger partial charge in [-0.15, -0.1) is 0 Å². The van der Waals surface area contributed by atoms with Crippen molar-refractivity contribution >= 4 is 29.1 Å². The first-order valence-corrected chi connectivity index (χ1v) is 12.6. The third-order valence-corrected chi connectivity index (χ3v) is 7.77. The van der Waals surface area contributed by atoms with E-state index in [1.165, 1.54) is 12.0 Å². The lowest BCUT2D eigenvalue weighted by atomic mass is 9.69. The maximum absolute atomic E-state index is 13.3. The number of carbonyl (C=O) groups excluding carboxylic acids is 1. The third kappa shape index (κ3) is 4.69. The van der Waals surface area contributed by atoms with E-state index >= 15 is 0 Å². The SMILES string of the molecule is O=C(NCC1(c2ccc(Cl)cc2)CCCCC1)c1cccc2nc(C(CC3CC3)C(=O)O)cn12. The van der Waals surface area contributed by atoms with Crippen LogP contribution >= 0.6 is 11.6 Å². The van der Waals surface area contributed by atoms with E-state index in [-0.39, 0.29) is 11.3 Å². The van der Waals surface area contributed by atoms with Gasteiger partial charge in [0, 0.05) is 23.2 Å². The number of benzene rings is 1. The predicted molar refractivity (Wildman–Crippen MR) is 131 cm³/mol. The number of hydrogen-bond donors (Lipinski definition) is 2. The van der Waals surface area contributed by atoms with Gasteiger partial charge >= 0.3 is 5.97 Å². The topological polar surface area (TPSA) is 83.7 Å². The normalized spacial score (nSPS) is 18.5. The highest BCUT2D eigenvalue weighted by Crippen LogP contribution is 2.40. The van der Waals surface area contributed by atoms with Crippen LogP contribution in [0.1, 0.15) is 79.0 Å². The van der Waals surface area contributed by atoms with Gasteiger partial charge in [-0.1, -0.05) is 61.9 Å². The lowest BCUT2D eigenvalue weighted by Gasteiger charge is -2.38. The van der Waals surface area contributed by atoms with Gasteiger partial charge in [0.2, 0.25) is 0 Å². The largest absolute Gasteiger partial charge is 0.481 e. The lowest BCUT2D eigenvalue weighted by molar-refractivity contribution is -0.139. The van der Waals surface area contributed by atoms with Crippen molar-refractivity contribution < 1.29 is 14.7 Å². The summed E-state index contributed by atoms with van der Waals surface area (Å²) in [6.07, 6.45) is 10.0. The van der Waals surface area contributed by atoms with Gasteiger partial charge in [0.05, 0.1) is 5.69 Å². The maximum Gasteiger partial charge on any atom is 0.312 e. The quantitative estimate of drug-likeness (QED) is 0.441. The predicted octanol–water partition coefficient (Wildman–Crippen LogP) is 5.59. The highest BCUT2D eigenvalue weighted by molar-refractivity contribution is 6.30. The van der Waals surface area contributed by atoms with Crippen LogP contribution in [0, 0.1) is 5.92 Å². The Morgan fingerprint density at radius 1 is 1.12 bits per heavy atom. The number of rotatable bonds is 8. The average molecular weight is 480 g/mol. The number of pyridine rings is 1. The number of carbonyl (C=O) groups is 2. The molecule has 2 aliphatic rings. The van der Waals surface area contributed by atoms with E-state index in [1.54, 1.807) is 22.7 Å². The second kappa shape index (κ2) is 9.41. The van der Waals surface area contributed by atoms with E-state index in [1.807, 2.05) is 18.2 Å². The molecule has 34 heavy (non-hydrogen) atoms. The Kier molecular flexibility index (Phi) is 6.34. The number of fused-ring (bicyclic) bond motifs is 1. The standard InChI is InChI=1S/C27H30ClN3O3/c28-20-11-9-19(10-12-20)27(13-2-1-3-14-27)17-29-25(32)23-5-4-6-24-30-22(16-31(23)24)21(26(33)34)15-18-7-8-18/h4-6,9-12,16,18,21H,1-3,7-8,13-15,17H2,(H,29,32)(H,33,34). The molecule has 2 fully saturated rings. The molecule has 1 unspecified atom stereocenters. The van der Waals surface area contributed by atoms with Crippen molar-refractivity contribution in [2.75, 3.05) is 6.54 Å². The molecular formula is C27H30ClN3O3. The zero-order chi connectivity index (χ0) is 23.7. The first kappa shape index (κ1) is 22.9. The van der Waals surface area contributed by atoms with Gasteiger partial charge in [0.25, 0.3) is 5.91 Å². The zero-order valence-corrected chi connectivity index (χ0v) is 19.9. The fourth-order valence-corrected chi connectivity index (χ4v) is 5.48. The molecule has 2 N–H and O–H groups in total. The fourth-order valence-electron chi connectivity index (χ4n) is 5.36. The van der Waals surface area contributed by atoms with Gasteiger partial charge in [-0.3, -0.25) is 14.0 Å². The summed E-state index contributed by atoms with van der Waals surface area (Å²) in [6, 6.07) is 13.4. The van der Waals surface area contributed by atoms with Crippen LogP contribution in [0.5, 0.6) is 0 Å². The van der Waals surface area contributed by atoms with Crippen LogP contribution in [0.2, 0.25) is 5.02 Å². The van der Waals surface area contributed by atoms with Crippen molar-refractivity contribution in [3.05, 3.63) is 70.6 Å². The minimum Gasteiger partial charge on any atom is -0.481 e. The fraction of sp³-hybridized carbons (Fsp3) is 0.444. The zero-order valence-electron chi connectivity index (χ0n) is 19.2.